The highest BCUT2D eigenvalue weighted by Gasteiger charge is 2.46. The first kappa shape index (κ1) is 15.9. The van der Waals surface area contributed by atoms with Gasteiger partial charge >= 0.3 is 6.09 Å². The second-order valence-corrected chi connectivity index (χ2v) is 7.43. The molecule has 130 valence electrons. The Morgan fingerprint density at radius 1 is 1.04 bits per heavy atom. The Morgan fingerprint density at radius 2 is 1.71 bits per heavy atom. The molecule has 1 aromatic rings. The van der Waals surface area contributed by atoms with Crippen molar-refractivity contribution in [3.8, 4) is 0 Å². The van der Waals surface area contributed by atoms with Crippen molar-refractivity contribution in [2.24, 2.45) is 5.84 Å². The zero-order valence-corrected chi connectivity index (χ0v) is 14.2. The van der Waals surface area contributed by atoms with Crippen LogP contribution < -0.4 is 10.9 Å². The summed E-state index contributed by atoms with van der Waals surface area (Å²) in [6.45, 7) is 1.99. The number of hydrogen-bond acceptors (Lipinski definition) is 4. The van der Waals surface area contributed by atoms with E-state index in [0.29, 0.717) is 6.04 Å². The lowest BCUT2D eigenvalue weighted by Gasteiger charge is -2.47. The van der Waals surface area contributed by atoms with Crippen molar-refractivity contribution in [3.05, 3.63) is 29.8 Å². The summed E-state index contributed by atoms with van der Waals surface area (Å²) < 4.78 is 5.85. The topological polar surface area (TPSA) is 58.8 Å². The molecule has 0 aromatic heterocycles. The van der Waals surface area contributed by atoms with Crippen LogP contribution in [0.1, 0.15) is 56.9 Å². The number of carbonyl (C=O) groups is 1. The molecule has 1 spiro atoms. The van der Waals surface area contributed by atoms with Crippen LogP contribution in [0.15, 0.2) is 24.3 Å². The predicted octanol–water partition coefficient (Wildman–Crippen LogP) is 3.53. The van der Waals surface area contributed by atoms with Gasteiger partial charge in [0, 0.05) is 37.5 Å². The standard InChI is InChI=1S/C19H27N3O2/c20-22-17-10-6-5-9-16(17)19(24-18(22)23)11-13-21(14-12-19)15-7-3-1-2-4-8-15/h5-6,9-10,15H,1-4,7-8,11-14,20H2. The lowest BCUT2D eigenvalue weighted by Crippen LogP contribution is -2.54. The maximum absolute atomic E-state index is 12.2. The van der Waals surface area contributed by atoms with Crippen molar-refractivity contribution in [3.63, 3.8) is 0 Å². The van der Waals surface area contributed by atoms with Gasteiger partial charge in [0.2, 0.25) is 0 Å². The number of piperidine rings is 1. The lowest BCUT2D eigenvalue weighted by atomic mass is 9.81. The van der Waals surface area contributed by atoms with E-state index in [1.807, 2.05) is 18.2 Å². The van der Waals surface area contributed by atoms with Crippen LogP contribution in [0.4, 0.5) is 10.5 Å². The molecule has 5 nitrogen and oxygen atoms in total. The van der Waals surface area contributed by atoms with Crippen LogP contribution in [0.5, 0.6) is 0 Å². The van der Waals surface area contributed by atoms with Gasteiger partial charge < -0.3 is 9.64 Å². The van der Waals surface area contributed by atoms with Gasteiger partial charge in [0.05, 0.1) is 5.69 Å². The smallest absolute Gasteiger partial charge is 0.429 e. The van der Waals surface area contributed by atoms with Gasteiger partial charge in [0.1, 0.15) is 5.60 Å². The highest BCUT2D eigenvalue weighted by atomic mass is 16.6. The molecular formula is C19H27N3O2. The van der Waals surface area contributed by atoms with E-state index in [0.717, 1.165) is 42.2 Å². The molecule has 3 aliphatic rings. The minimum absolute atomic E-state index is 0.434. The molecule has 0 bridgehead atoms. The summed E-state index contributed by atoms with van der Waals surface area (Å²) in [6.07, 6.45) is 9.40. The molecule has 1 aromatic carbocycles. The molecule has 2 N–H and O–H groups in total. The van der Waals surface area contributed by atoms with E-state index in [1.165, 1.54) is 38.5 Å². The Labute approximate surface area is 143 Å². The van der Waals surface area contributed by atoms with Crippen LogP contribution in [0.25, 0.3) is 0 Å². The minimum Gasteiger partial charge on any atom is -0.437 e. The third-order valence-corrected chi connectivity index (χ3v) is 6.08. The van der Waals surface area contributed by atoms with Crippen LogP contribution in [0.2, 0.25) is 0 Å². The normalized spacial score (nSPS) is 25.2. The second kappa shape index (κ2) is 6.37. The number of fused-ring (bicyclic) bond motifs is 2. The van der Waals surface area contributed by atoms with Gasteiger partial charge in [-0.05, 0) is 18.9 Å². The summed E-state index contributed by atoms with van der Waals surface area (Å²) in [5.74, 6) is 5.89. The number of anilines is 1. The summed E-state index contributed by atoms with van der Waals surface area (Å²) in [5.41, 5.74) is 1.36. The zero-order valence-electron chi connectivity index (χ0n) is 14.2. The number of likely N-dealkylation sites (tertiary alicyclic amines) is 1. The Bertz CT molecular complexity index is 602. The van der Waals surface area contributed by atoms with E-state index < -0.39 is 11.7 Å². The van der Waals surface area contributed by atoms with Gasteiger partial charge in [-0.3, -0.25) is 0 Å². The summed E-state index contributed by atoms with van der Waals surface area (Å²) in [5, 5.41) is 1.14. The Morgan fingerprint density at radius 3 is 2.42 bits per heavy atom. The van der Waals surface area contributed by atoms with E-state index in [-0.39, 0.29) is 0 Å². The van der Waals surface area contributed by atoms with Crippen molar-refractivity contribution >= 4 is 11.8 Å². The Kier molecular flexibility index (Phi) is 4.22. The van der Waals surface area contributed by atoms with Crippen LogP contribution in [-0.2, 0) is 10.3 Å². The molecule has 4 rings (SSSR count). The van der Waals surface area contributed by atoms with Gasteiger partial charge in [0.15, 0.2) is 0 Å². The molecule has 0 atom stereocenters. The quantitative estimate of drug-likeness (QED) is 0.486. The van der Waals surface area contributed by atoms with Crippen LogP contribution in [0.3, 0.4) is 0 Å². The molecule has 2 heterocycles. The molecule has 1 amide bonds. The fourth-order valence-electron chi connectivity index (χ4n) is 4.68. The SMILES string of the molecule is NN1C(=O)OC2(CCN(C3CCCCCC3)CC2)c2ccccc21. The van der Waals surface area contributed by atoms with E-state index in [4.69, 9.17) is 10.6 Å². The van der Waals surface area contributed by atoms with Crippen LogP contribution >= 0.6 is 0 Å². The minimum atomic E-state index is -0.495. The Balaban J connectivity index is 1.54. The maximum atomic E-state index is 12.2. The third kappa shape index (κ3) is 2.70. The highest BCUT2D eigenvalue weighted by molar-refractivity contribution is 5.90. The molecule has 1 saturated heterocycles. The van der Waals surface area contributed by atoms with Crippen molar-refractivity contribution in [2.75, 3.05) is 18.1 Å². The van der Waals surface area contributed by atoms with Gasteiger partial charge in [0.25, 0.3) is 0 Å². The molecular weight excluding hydrogens is 302 g/mol. The number of hydrazine groups is 1. The molecule has 1 aliphatic carbocycles. The number of rotatable bonds is 1. The van der Waals surface area contributed by atoms with Gasteiger partial charge in [-0.25, -0.2) is 15.6 Å². The fraction of sp³-hybridized carbons (Fsp3) is 0.632. The summed E-state index contributed by atoms with van der Waals surface area (Å²) in [6, 6.07) is 8.61. The second-order valence-electron chi connectivity index (χ2n) is 7.43. The lowest BCUT2D eigenvalue weighted by molar-refractivity contribution is -0.0507. The average Bonchev–Trinajstić information content (AvgIpc) is 2.90. The summed E-state index contributed by atoms with van der Waals surface area (Å²) >= 11 is 0. The fourth-order valence-corrected chi connectivity index (χ4v) is 4.68. The Hall–Kier alpha value is -1.59. The summed E-state index contributed by atoms with van der Waals surface area (Å²) in [7, 11) is 0. The first-order valence-corrected chi connectivity index (χ1v) is 9.31. The number of para-hydroxylation sites is 1. The number of ether oxygens (including phenoxy) is 1. The van der Waals surface area contributed by atoms with Crippen LogP contribution in [-0.4, -0.2) is 30.1 Å². The van der Waals surface area contributed by atoms with Crippen molar-refractivity contribution < 1.29 is 9.53 Å². The largest absolute Gasteiger partial charge is 0.437 e. The van der Waals surface area contributed by atoms with E-state index >= 15 is 0 Å². The monoisotopic (exact) mass is 329 g/mol. The third-order valence-electron chi connectivity index (χ3n) is 6.08. The molecule has 0 radical (unpaired) electrons. The molecule has 24 heavy (non-hydrogen) atoms. The highest BCUT2D eigenvalue weighted by Crippen LogP contribution is 2.45. The summed E-state index contributed by atoms with van der Waals surface area (Å²) in [4.78, 5) is 14.9. The molecule has 2 fully saturated rings. The number of hydrogen-bond donors (Lipinski definition) is 1. The van der Waals surface area contributed by atoms with Crippen LogP contribution in [0, 0.1) is 0 Å². The number of nitrogens with two attached hydrogens (primary N) is 1. The molecule has 2 aliphatic heterocycles. The van der Waals surface area contributed by atoms with E-state index in [1.54, 1.807) is 0 Å². The van der Waals surface area contributed by atoms with E-state index in [2.05, 4.69) is 11.0 Å². The predicted molar refractivity (Wildman–Crippen MR) is 93.6 cm³/mol. The van der Waals surface area contributed by atoms with Crippen molar-refractivity contribution in [1.29, 1.82) is 0 Å². The van der Waals surface area contributed by atoms with Crippen molar-refractivity contribution in [2.45, 2.75) is 63.0 Å². The first-order valence-electron chi connectivity index (χ1n) is 9.31. The van der Waals surface area contributed by atoms with Crippen molar-refractivity contribution in [1.82, 2.24) is 4.90 Å². The zero-order chi connectivity index (χ0) is 16.6. The number of nitrogens with zero attached hydrogens (tertiary/aromatic N) is 2. The van der Waals surface area contributed by atoms with Gasteiger partial charge in [-0.15, -0.1) is 0 Å². The number of benzene rings is 1. The van der Waals surface area contributed by atoms with E-state index in [9.17, 15) is 4.79 Å². The first-order chi connectivity index (χ1) is 11.7. The molecule has 0 unspecified atom stereocenters. The molecule has 1 saturated carbocycles. The van der Waals surface area contributed by atoms with Gasteiger partial charge in [-0.2, -0.15) is 0 Å². The average molecular weight is 329 g/mol. The number of amides is 1. The maximum Gasteiger partial charge on any atom is 0.429 e. The van der Waals surface area contributed by atoms with Gasteiger partial charge in [-0.1, -0.05) is 43.9 Å². The number of carbonyl (C=O) groups excluding carboxylic acids is 1. The molecule has 5 heteroatoms.